The summed E-state index contributed by atoms with van der Waals surface area (Å²) in [5.41, 5.74) is 5.39. The molecule has 1 fully saturated rings. The van der Waals surface area contributed by atoms with Crippen molar-refractivity contribution in [1.29, 1.82) is 0 Å². The third-order valence-corrected chi connectivity index (χ3v) is 2.31. The monoisotopic (exact) mass is 218 g/mol. The number of hydrogen-bond acceptors (Lipinski definition) is 5. The Bertz CT molecular complexity index is 272. The van der Waals surface area contributed by atoms with E-state index >= 15 is 0 Å². The quantitative estimate of drug-likeness (QED) is 0.752. The lowest BCUT2D eigenvalue weighted by Gasteiger charge is -2.18. The van der Waals surface area contributed by atoms with E-state index in [2.05, 4.69) is 15.5 Å². The van der Waals surface area contributed by atoms with E-state index in [1.165, 1.54) is 6.42 Å². The Hall–Kier alpha value is -0.650. The zero-order valence-electron chi connectivity index (χ0n) is 7.90. The van der Waals surface area contributed by atoms with Crippen LogP contribution in [0, 0.1) is 0 Å². The summed E-state index contributed by atoms with van der Waals surface area (Å²) >= 11 is 0. The van der Waals surface area contributed by atoms with Crippen LogP contribution in [0.5, 0.6) is 0 Å². The molecule has 0 aromatic carbocycles. The summed E-state index contributed by atoms with van der Waals surface area (Å²) in [5, 5.41) is 7.07. The van der Waals surface area contributed by atoms with Crippen LogP contribution in [0.15, 0.2) is 4.52 Å². The molecule has 1 atom stereocenters. The van der Waals surface area contributed by atoms with E-state index in [9.17, 15) is 0 Å². The minimum Gasteiger partial charge on any atom is -0.339 e. The third kappa shape index (κ3) is 2.43. The fraction of sp³-hybridized carbons (Fsp3) is 0.750. The van der Waals surface area contributed by atoms with Gasteiger partial charge in [-0.15, -0.1) is 12.4 Å². The topological polar surface area (TPSA) is 77.0 Å². The average molecular weight is 219 g/mol. The number of rotatable bonds is 2. The molecule has 14 heavy (non-hydrogen) atoms. The van der Waals surface area contributed by atoms with Gasteiger partial charge >= 0.3 is 0 Å². The first-order chi connectivity index (χ1) is 6.40. The van der Waals surface area contributed by atoms with E-state index in [1.807, 2.05) is 0 Å². The van der Waals surface area contributed by atoms with E-state index in [0.29, 0.717) is 18.3 Å². The number of piperidine rings is 1. The van der Waals surface area contributed by atoms with Crippen LogP contribution in [0.4, 0.5) is 0 Å². The van der Waals surface area contributed by atoms with Gasteiger partial charge in [-0.2, -0.15) is 4.98 Å². The molecule has 1 unspecified atom stereocenters. The molecule has 1 aliphatic heterocycles. The fourth-order valence-electron chi connectivity index (χ4n) is 1.58. The van der Waals surface area contributed by atoms with Crippen LogP contribution in [0.1, 0.15) is 30.5 Å². The Balaban J connectivity index is 0.000000980. The summed E-state index contributed by atoms with van der Waals surface area (Å²) in [6.07, 6.45) is 2.30. The number of nitrogens with zero attached hydrogens (tertiary/aromatic N) is 2. The Morgan fingerprint density at radius 1 is 1.57 bits per heavy atom. The Morgan fingerprint density at radius 2 is 2.43 bits per heavy atom. The standard InChI is InChI=1S/C8H14N4O.ClH/c9-4-7-11-8(13-12-7)6-2-1-3-10-5-6;/h6,10H,1-5,9H2;1H. The highest BCUT2D eigenvalue weighted by atomic mass is 35.5. The van der Waals surface area contributed by atoms with Gasteiger partial charge in [0.1, 0.15) is 0 Å². The van der Waals surface area contributed by atoms with Crippen molar-refractivity contribution in [3.63, 3.8) is 0 Å². The molecule has 0 amide bonds. The van der Waals surface area contributed by atoms with Crippen molar-refractivity contribution in [3.8, 4) is 0 Å². The van der Waals surface area contributed by atoms with E-state index in [1.54, 1.807) is 0 Å². The lowest BCUT2D eigenvalue weighted by atomic mass is 10.00. The molecule has 5 nitrogen and oxygen atoms in total. The van der Waals surface area contributed by atoms with Gasteiger partial charge in [0, 0.05) is 6.54 Å². The maximum absolute atomic E-state index is 5.39. The van der Waals surface area contributed by atoms with Gasteiger partial charge in [0.15, 0.2) is 5.82 Å². The predicted molar refractivity (Wildman–Crippen MR) is 54.3 cm³/mol. The third-order valence-electron chi connectivity index (χ3n) is 2.31. The predicted octanol–water partition coefficient (Wildman–Crippen LogP) is 0.417. The van der Waals surface area contributed by atoms with Crippen molar-refractivity contribution in [2.24, 2.45) is 5.73 Å². The van der Waals surface area contributed by atoms with Crippen molar-refractivity contribution >= 4 is 12.4 Å². The maximum Gasteiger partial charge on any atom is 0.231 e. The zero-order chi connectivity index (χ0) is 9.10. The summed E-state index contributed by atoms with van der Waals surface area (Å²) in [7, 11) is 0. The molecule has 3 N–H and O–H groups in total. The fourth-order valence-corrected chi connectivity index (χ4v) is 1.58. The van der Waals surface area contributed by atoms with Crippen LogP contribution in [0.25, 0.3) is 0 Å². The molecule has 80 valence electrons. The smallest absolute Gasteiger partial charge is 0.231 e. The van der Waals surface area contributed by atoms with Crippen LogP contribution in [-0.4, -0.2) is 23.2 Å². The van der Waals surface area contributed by atoms with Gasteiger partial charge in [0.25, 0.3) is 0 Å². The van der Waals surface area contributed by atoms with Crippen LogP contribution < -0.4 is 11.1 Å². The van der Waals surface area contributed by atoms with Gasteiger partial charge in [-0.25, -0.2) is 0 Å². The highest BCUT2D eigenvalue weighted by molar-refractivity contribution is 5.85. The largest absolute Gasteiger partial charge is 0.339 e. The minimum absolute atomic E-state index is 0. The van der Waals surface area contributed by atoms with Gasteiger partial charge in [0.05, 0.1) is 12.5 Å². The van der Waals surface area contributed by atoms with Crippen LogP contribution in [-0.2, 0) is 6.54 Å². The van der Waals surface area contributed by atoms with E-state index in [4.69, 9.17) is 10.3 Å². The number of aromatic nitrogens is 2. The highest BCUT2D eigenvalue weighted by Gasteiger charge is 2.20. The van der Waals surface area contributed by atoms with Crippen LogP contribution in [0.3, 0.4) is 0 Å². The lowest BCUT2D eigenvalue weighted by molar-refractivity contribution is 0.320. The van der Waals surface area contributed by atoms with E-state index in [-0.39, 0.29) is 12.4 Å². The van der Waals surface area contributed by atoms with Crippen molar-refractivity contribution in [3.05, 3.63) is 11.7 Å². The molecular weight excluding hydrogens is 204 g/mol. The lowest BCUT2D eigenvalue weighted by Crippen LogP contribution is -2.28. The number of nitrogens with two attached hydrogens (primary N) is 1. The Labute approximate surface area is 88.8 Å². The average Bonchev–Trinajstić information content (AvgIpc) is 2.67. The van der Waals surface area contributed by atoms with Gasteiger partial charge in [-0.05, 0) is 19.4 Å². The molecule has 0 spiro atoms. The molecule has 0 radical (unpaired) electrons. The second kappa shape index (κ2) is 5.29. The summed E-state index contributed by atoms with van der Waals surface area (Å²) in [6.45, 7) is 2.38. The van der Waals surface area contributed by atoms with Crippen molar-refractivity contribution < 1.29 is 4.52 Å². The van der Waals surface area contributed by atoms with Crippen molar-refractivity contribution in [1.82, 2.24) is 15.5 Å². The number of hydrogen-bond donors (Lipinski definition) is 2. The van der Waals surface area contributed by atoms with Crippen LogP contribution >= 0.6 is 12.4 Å². The molecule has 1 aromatic heterocycles. The first-order valence-corrected chi connectivity index (χ1v) is 4.63. The van der Waals surface area contributed by atoms with E-state index in [0.717, 1.165) is 25.4 Å². The molecule has 0 aliphatic carbocycles. The Morgan fingerprint density at radius 3 is 3.00 bits per heavy atom. The maximum atomic E-state index is 5.39. The van der Waals surface area contributed by atoms with Crippen LogP contribution in [0.2, 0.25) is 0 Å². The molecule has 0 bridgehead atoms. The van der Waals surface area contributed by atoms with E-state index < -0.39 is 0 Å². The first-order valence-electron chi connectivity index (χ1n) is 4.63. The van der Waals surface area contributed by atoms with Gasteiger partial charge in [-0.1, -0.05) is 5.16 Å². The summed E-state index contributed by atoms with van der Waals surface area (Å²) in [6, 6.07) is 0. The van der Waals surface area contributed by atoms with Crippen molar-refractivity contribution in [2.75, 3.05) is 13.1 Å². The molecule has 0 saturated carbocycles. The number of nitrogens with one attached hydrogen (secondary N) is 1. The molecule has 2 rings (SSSR count). The second-order valence-electron chi connectivity index (χ2n) is 3.30. The summed E-state index contributed by atoms with van der Waals surface area (Å²) in [4.78, 5) is 4.21. The number of halogens is 1. The molecular formula is C8H15ClN4O. The molecule has 1 saturated heterocycles. The minimum atomic E-state index is 0. The first kappa shape index (κ1) is 11.4. The normalized spacial score (nSPS) is 21.6. The van der Waals surface area contributed by atoms with Crippen molar-refractivity contribution in [2.45, 2.75) is 25.3 Å². The summed E-state index contributed by atoms with van der Waals surface area (Å²) < 4.78 is 5.11. The zero-order valence-corrected chi connectivity index (χ0v) is 8.72. The highest BCUT2D eigenvalue weighted by Crippen LogP contribution is 2.20. The molecule has 6 heteroatoms. The molecule has 1 aliphatic rings. The Kier molecular flexibility index (Phi) is 4.31. The summed E-state index contributed by atoms with van der Waals surface area (Å²) in [5.74, 6) is 1.70. The van der Waals surface area contributed by atoms with Gasteiger partial charge in [0.2, 0.25) is 5.89 Å². The van der Waals surface area contributed by atoms with Gasteiger partial charge in [-0.3, -0.25) is 0 Å². The molecule has 2 heterocycles. The second-order valence-corrected chi connectivity index (χ2v) is 3.30. The SMILES string of the molecule is Cl.NCc1noc(C2CCCNC2)n1. The molecule has 1 aromatic rings. The van der Waals surface area contributed by atoms with Gasteiger partial charge < -0.3 is 15.6 Å².